The zero-order valence-electron chi connectivity index (χ0n) is 13.0. The minimum absolute atomic E-state index is 1.25. The number of benzene rings is 2. The number of nitrogens with zero attached hydrogens (tertiary/aromatic N) is 1. The molecule has 0 amide bonds. The summed E-state index contributed by atoms with van der Waals surface area (Å²) in [5.74, 6) is 0. The second-order valence-electron chi connectivity index (χ2n) is 4.87. The van der Waals surface area contributed by atoms with Crippen LogP contribution < -0.4 is 0 Å². The van der Waals surface area contributed by atoms with E-state index in [0.29, 0.717) is 0 Å². The number of hydrogen-bond acceptors (Lipinski definition) is 3. The Kier molecular flexibility index (Phi) is 6.68. The molecule has 0 spiro atoms. The predicted molar refractivity (Wildman–Crippen MR) is 84.0 cm³/mol. The Morgan fingerprint density at radius 2 is 1.17 bits per heavy atom. The van der Waals surface area contributed by atoms with Gasteiger partial charge in [0.1, 0.15) is 14.1 Å². The minimum Gasteiger partial charge on any atom is -0.741 e. The van der Waals surface area contributed by atoms with Crippen molar-refractivity contribution in [2.45, 2.75) is 5.51 Å². The van der Waals surface area contributed by atoms with Crippen LogP contribution in [0.5, 0.6) is 0 Å². The standard InChI is InChI=1S/C15H16N.CHF3O3S/c1-16(2)15(13-9-5-3-6-10-13)14-11-7-4-8-12-14;2-1(3,4)8(5,6)7/h3-12H,1-2H3;(H,5,6,7)/q+1;/p-1. The van der Waals surface area contributed by atoms with Gasteiger partial charge in [-0.2, -0.15) is 13.2 Å². The first-order valence-electron chi connectivity index (χ1n) is 6.71. The van der Waals surface area contributed by atoms with E-state index in [4.69, 9.17) is 13.0 Å². The van der Waals surface area contributed by atoms with Gasteiger partial charge in [0.15, 0.2) is 10.1 Å². The summed E-state index contributed by atoms with van der Waals surface area (Å²) in [5.41, 5.74) is -1.90. The molecule has 2 rings (SSSR count). The summed E-state index contributed by atoms with van der Waals surface area (Å²) < 4.78 is 61.1. The van der Waals surface area contributed by atoms with E-state index in [0.717, 1.165) is 0 Å². The van der Waals surface area contributed by atoms with Crippen molar-refractivity contribution in [2.75, 3.05) is 14.1 Å². The van der Waals surface area contributed by atoms with Crippen molar-refractivity contribution in [3.8, 4) is 0 Å². The highest BCUT2D eigenvalue weighted by molar-refractivity contribution is 7.86. The van der Waals surface area contributed by atoms with Crippen molar-refractivity contribution >= 4 is 15.8 Å². The number of rotatable bonds is 2. The largest absolute Gasteiger partial charge is 0.741 e. The summed E-state index contributed by atoms with van der Waals surface area (Å²) in [6.07, 6.45) is 0. The summed E-state index contributed by atoms with van der Waals surface area (Å²) >= 11 is 0. The number of halogens is 3. The van der Waals surface area contributed by atoms with Gasteiger partial charge >= 0.3 is 5.51 Å². The van der Waals surface area contributed by atoms with E-state index in [9.17, 15) is 13.2 Å². The molecule has 0 saturated carbocycles. The van der Waals surface area contributed by atoms with Crippen molar-refractivity contribution in [3.63, 3.8) is 0 Å². The summed E-state index contributed by atoms with van der Waals surface area (Å²) in [5, 5.41) is 0. The van der Waals surface area contributed by atoms with Crippen LogP contribution in [0, 0.1) is 0 Å². The molecule has 0 N–H and O–H groups in total. The Balaban J connectivity index is 0.000000307. The maximum absolute atomic E-state index is 10.7. The first kappa shape index (κ1) is 19.9. The molecule has 0 saturated heterocycles. The second-order valence-corrected chi connectivity index (χ2v) is 6.25. The van der Waals surface area contributed by atoms with E-state index in [1.165, 1.54) is 16.8 Å². The van der Waals surface area contributed by atoms with Crippen LogP contribution in [-0.2, 0) is 10.1 Å². The molecule has 0 aromatic heterocycles. The highest BCUT2D eigenvalue weighted by Gasteiger charge is 2.36. The highest BCUT2D eigenvalue weighted by atomic mass is 32.2. The van der Waals surface area contributed by atoms with Gasteiger partial charge in [-0.1, -0.05) is 36.4 Å². The Hall–Kier alpha value is -2.19. The van der Waals surface area contributed by atoms with Gasteiger partial charge in [0.25, 0.3) is 0 Å². The topological polar surface area (TPSA) is 60.2 Å². The summed E-state index contributed by atoms with van der Waals surface area (Å²) in [7, 11) is -1.93. The SMILES string of the molecule is C[N+](C)=C(c1ccccc1)c1ccccc1.O=S(=O)([O-])C(F)(F)F. The molecule has 8 heteroatoms. The average Bonchev–Trinajstić information content (AvgIpc) is 2.48. The molecule has 0 radical (unpaired) electrons. The van der Waals surface area contributed by atoms with Crippen molar-refractivity contribution in [1.29, 1.82) is 0 Å². The average molecular weight is 359 g/mol. The molecule has 0 aliphatic heterocycles. The molecule has 0 aliphatic rings. The molecule has 24 heavy (non-hydrogen) atoms. The van der Waals surface area contributed by atoms with Crippen molar-refractivity contribution in [1.82, 2.24) is 0 Å². The third kappa shape index (κ3) is 5.78. The monoisotopic (exact) mass is 359 g/mol. The zero-order chi connectivity index (χ0) is 18.4. The Bertz CT molecular complexity index is 741. The summed E-state index contributed by atoms with van der Waals surface area (Å²) in [6, 6.07) is 20.9. The van der Waals surface area contributed by atoms with Gasteiger partial charge in [-0.05, 0) is 24.3 Å². The minimum atomic E-state index is -6.09. The van der Waals surface area contributed by atoms with Gasteiger partial charge in [-0.25, -0.2) is 13.0 Å². The lowest BCUT2D eigenvalue weighted by Gasteiger charge is -2.08. The smallest absolute Gasteiger partial charge is 0.485 e. The third-order valence-electron chi connectivity index (χ3n) is 2.83. The first-order valence-corrected chi connectivity index (χ1v) is 8.12. The van der Waals surface area contributed by atoms with Gasteiger partial charge in [-0.15, -0.1) is 0 Å². The predicted octanol–water partition coefficient (Wildman–Crippen LogP) is 2.85. The lowest BCUT2D eigenvalue weighted by molar-refractivity contribution is -0.463. The normalized spacial score (nSPS) is 11.2. The lowest BCUT2D eigenvalue weighted by atomic mass is 10.0. The van der Waals surface area contributed by atoms with Gasteiger partial charge < -0.3 is 4.55 Å². The Morgan fingerprint density at radius 1 is 0.875 bits per heavy atom. The summed E-state index contributed by atoms with van der Waals surface area (Å²) in [4.78, 5) is 0. The maximum atomic E-state index is 10.7. The van der Waals surface area contributed by atoms with E-state index < -0.39 is 15.6 Å². The van der Waals surface area contributed by atoms with E-state index in [1.807, 2.05) is 12.1 Å². The van der Waals surface area contributed by atoms with E-state index in [-0.39, 0.29) is 0 Å². The van der Waals surface area contributed by atoms with Crippen molar-refractivity contribution in [3.05, 3.63) is 71.8 Å². The molecule has 0 aliphatic carbocycles. The van der Waals surface area contributed by atoms with Gasteiger partial charge in [0, 0.05) is 11.1 Å². The fourth-order valence-electron chi connectivity index (χ4n) is 1.88. The van der Waals surface area contributed by atoms with Crippen molar-refractivity contribution in [2.24, 2.45) is 0 Å². The molecule has 0 fully saturated rings. The van der Waals surface area contributed by atoms with Crippen LogP contribution in [0.25, 0.3) is 0 Å². The number of alkyl halides is 3. The van der Waals surface area contributed by atoms with Gasteiger partial charge in [0.05, 0.1) is 0 Å². The highest BCUT2D eigenvalue weighted by Crippen LogP contribution is 2.20. The molecular formula is C16H16F3NO3S. The molecule has 0 unspecified atom stereocenters. The molecular weight excluding hydrogens is 343 g/mol. The summed E-state index contributed by atoms with van der Waals surface area (Å²) in [6.45, 7) is 0. The first-order chi connectivity index (χ1) is 11.0. The fraction of sp³-hybridized carbons (Fsp3) is 0.188. The van der Waals surface area contributed by atoms with Crippen LogP contribution in [0.3, 0.4) is 0 Å². The zero-order valence-corrected chi connectivity index (χ0v) is 13.8. The van der Waals surface area contributed by atoms with Crippen LogP contribution in [0.1, 0.15) is 11.1 Å². The molecule has 130 valence electrons. The number of hydrogen-bond donors (Lipinski definition) is 0. The quantitative estimate of drug-likeness (QED) is 0.359. The molecule has 2 aromatic carbocycles. The third-order valence-corrected chi connectivity index (χ3v) is 3.39. The van der Waals surface area contributed by atoms with Crippen molar-refractivity contribution < 1.29 is 30.7 Å². The Morgan fingerprint density at radius 3 is 1.38 bits per heavy atom. The fourth-order valence-corrected chi connectivity index (χ4v) is 1.88. The second kappa shape index (κ2) is 8.07. The van der Waals surface area contributed by atoms with Crippen LogP contribution in [0.2, 0.25) is 0 Å². The van der Waals surface area contributed by atoms with Crippen LogP contribution >= 0.6 is 0 Å². The maximum Gasteiger partial charge on any atom is 0.485 e. The molecule has 0 bridgehead atoms. The van der Waals surface area contributed by atoms with Gasteiger partial charge in [0.2, 0.25) is 5.71 Å². The van der Waals surface area contributed by atoms with Crippen LogP contribution in [-0.4, -0.2) is 42.9 Å². The van der Waals surface area contributed by atoms with Crippen LogP contribution in [0.4, 0.5) is 13.2 Å². The lowest BCUT2D eigenvalue weighted by Crippen LogP contribution is -2.21. The van der Waals surface area contributed by atoms with Crippen LogP contribution in [0.15, 0.2) is 60.7 Å². The van der Waals surface area contributed by atoms with E-state index >= 15 is 0 Å². The van der Waals surface area contributed by atoms with E-state index in [1.54, 1.807) is 0 Å². The molecule has 4 nitrogen and oxygen atoms in total. The molecule has 2 aromatic rings. The Labute approximate surface area is 138 Å². The molecule has 0 atom stereocenters. The molecule has 0 heterocycles. The van der Waals surface area contributed by atoms with E-state index in [2.05, 4.69) is 67.2 Å². The van der Waals surface area contributed by atoms with Gasteiger partial charge in [-0.3, -0.25) is 0 Å².